The second-order valence-electron chi connectivity index (χ2n) is 4.88. The van der Waals surface area contributed by atoms with Gasteiger partial charge in [-0.05, 0) is 45.0 Å². The summed E-state index contributed by atoms with van der Waals surface area (Å²) in [6.07, 6.45) is 2.96. The molecule has 0 N–H and O–H groups in total. The Morgan fingerprint density at radius 1 is 1.12 bits per heavy atom. The number of hydrogen-bond donors (Lipinski definition) is 0. The molecule has 0 bridgehead atoms. The van der Waals surface area contributed by atoms with E-state index in [1.54, 1.807) is 20.8 Å². The van der Waals surface area contributed by atoms with Crippen LogP contribution in [0.1, 0.15) is 29.9 Å². The number of aromatic nitrogens is 2. The van der Waals surface area contributed by atoms with Crippen LogP contribution in [0.3, 0.4) is 0 Å². The van der Waals surface area contributed by atoms with Crippen molar-refractivity contribution in [2.75, 3.05) is 17.5 Å². The summed E-state index contributed by atoms with van der Waals surface area (Å²) in [6, 6.07) is 5.64. The molecule has 1 aromatic carbocycles. The zero-order valence-corrected chi connectivity index (χ0v) is 14.6. The molecular weight excluding hydrogens is 330 g/mol. The molecule has 2 aromatic rings. The molecule has 0 radical (unpaired) electrons. The van der Waals surface area contributed by atoms with Crippen molar-refractivity contribution in [1.29, 1.82) is 0 Å². The Morgan fingerprint density at radius 2 is 1.75 bits per heavy atom. The van der Waals surface area contributed by atoms with Gasteiger partial charge in [-0.15, -0.1) is 0 Å². The minimum Gasteiger partial charge on any atom is -0.462 e. The first-order valence-electron chi connectivity index (χ1n) is 7.49. The summed E-state index contributed by atoms with van der Waals surface area (Å²) in [7, 11) is -3.80. The summed E-state index contributed by atoms with van der Waals surface area (Å²) >= 11 is 0. The molecule has 8 heteroatoms. The van der Waals surface area contributed by atoms with Crippen LogP contribution < -0.4 is 4.31 Å². The summed E-state index contributed by atoms with van der Waals surface area (Å²) in [5.41, 5.74) is 0.820. The first-order chi connectivity index (χ1) is 11.4. The van der Waals surface area contributed by atoms with E-state index in [2.05, 4.69) is 9.97 Å². The molecule has 0 saturated heterocycles. The Labute approximate surface area is 141 Å². The zero-order chi connectivity index (χ0) is 17.7. The highest BCUT2D eigenvalue weighted by Crippen LogP contribution is 2.23. The third-order valence-corrected chi connectivity index (χ3v) is 5.21. The van der Waals surface area contributed by atoms with E-state index in [0.717, 1.165) is 0 Å². The van der Waals surface area contributed by atoms with E-state index in [9.17, 15) is 13.2 Å². The van der Waals surface area contributed by atoms with Crippen molar-refractivity contribution in [3.8, 4) is 0 Å². The smallest absolute Gasteiger partial charge is 0.338 e. The monoisotopic (exact) mass is 349 g/mol. The van der Waals surface area contributed by atoms with E-state index in [-0.39, 0.29) is 23.9 Å². The lowest BCUT2D eigenvalue weighted by molar-refractivity contribution is 0.0526. The van der Waals surface area contributed by atoms with Crippen molar-refractivity contribution < 1.29 is 17.9 Å². The first kappa shape index (κ1) is 17.9. The maximum atomic E-state index is 12.9. The third-order valence-electron chi connectivity index (χ3n) is 3.33. The van der Waals surface area contributed by atoms with Crippen molar-refractivity contribution in [3.63, 3.8) is 0 Å². The number of hydrogen-bond acceptors (Lipinski definition) is 6. The van der Waals surface area contributed by atoms with Gasteiger partial charge in [-0.2, -0.15) is 0 Å². The summed E-state index contributed by atoms with van der Waals surface area (Å²) in [4.78, 5) is 19.9. The zero-order valence-electron chi connectivity index (χ0n) is 13.8. The van der Waals surface area contributed by atoms with Gasteiger partial charge >= 0.3 is 5.97 Å². The lowest BCUT2D eigenvalue weighted by Crippen LogP contribution is -2.32. The molecule has 1 aromatic heterocycles. The van der Waals surface area contributed by atoms with Crippen LogP contribution in [-0.2, 0) is 14.8 Å². The Balaban J connectivity index is 2.38. The highest BCUT2D eigenvalue weighted by molar-refractivity contribution is 7.92. The molecule has 0 aliphatic heterocycles. The molecule has 2 rings (SSSR count). The average Bonchev–Trinajstić information content (AvgIpc) is 2.57. The summed E-state index contributed by atoms with van der Waals surface area (Å²) in [5.74, 6) is -0.201. The van der Waals surface area contributed by atoms with Crippen molar-refractivity contribution in [2.45, 2.75) is 25.7 Å². The minimum atomic E-state index is -3.80. The highest BCUT2D eigenvalue weighted by atomic mass is 32.2. The van der Waals surface area contributed by atoms with Crippen LogP contribution in [0.5, 0.6) is 0 Å². The Morgan fingerprint density at radius 3 is 2.29 bits per heavy atom. The van der Waals surface area contributed by atoms with Gasteiger partial charge in [0.1, 0.15) is 0 Å². The molecule has 7 nitrogen and oxygen atoms in total. The van der Waals surface area contributed by atoms with Gasteiger partial charge in [0.15, 0.2) is 5.82 Å². The molecule has 0 spiro atoms. The molecular formula is C16H19N3O4S. The fourth-order valence-electron chi connectivity index (χ4n) is 2.18. The molecule has 0 atom stereocenters. The summed E-state index contributed by atoms with van der Waals surface area (Å²) in [6.45, 7) is 5.60. The summed E-state index contributed by atoms with van der Waals surface area (Å²) in [5, 5.41) is 0. The lowest BCUT2D eigenvalue weighted by atomic mass is 10.2. The number of carbonyl (C=O) groups excluding carboxylic acids is 1. The first-order valence-corrected chi connectivity index (χ1v) is 8.93. The molecule has 24 heavy (non-hydrogen) atoms. The molecule has 0 unspecified atom stereocenters. The van der Waals surface area contributed by atoms with Crippen LogP contribution in [0, 0.1) is 6.92 Å². The summed E-state index contributed by atoms with van der Waals surface area (Å²) < 4.78 is 31.8. The van der Waals surface area contributed by atoms with Crippen molar-refractivity contribution >= 4 is 21.8 Å². The topological polar surface area (TPSA) is 89.5 Å². The quantitative estimate of drug-likeness (QED) is 0.743. The number of sulfonamides is 1. The normalized spacial score (nSPS) is 11.1. The maximum Gasteiger partial charge on any atom is 0.338 e. The largest absolute Gasteiger partial charge is 0.462 e. The van der Waals surface area contributed by atoms with Crippen LogP contribution in [0.25, 0.3) is 0 Å². The van der Waals surface area contributed by atoms with E-state index in [4.69, 9.17) is 4.74 Å². The molecule has 0 aliphatic rings. The average molecular weight is 349 g/mol. The fraction of sp³-hybridized carbons (Fsp3) is 0.312. The van der Waals surface area contributed by atoms with E-state index in [1.165, 1.54) is 41.0 Å². The van der Waals surface area contributed by atoms with Gasteiger partial charge < -0.3 is 4.74 Å². The Bertz CT molecular complexity index is 819. The highest BCUT2D eigenvalue weighted by Gasteiger charge is 2.26. The molecule has 0 aliphatic carbocycles. The number of anilines is 1. The number of benzene rings is 1. The minimum absolute atomic E-state index is 0.0717. The molecule has 0 amide bonds. The third kappa shape index (κ3) is 3.53. The van der Waals surface area contributed by atoms with Gasteiger partial charge in [0.2, 0.25) is 0 Å². The van der Waals surface area contributed by atoms with Crippen LogP contribution in [0.2, 0.25) is 0 Å². The van der Waals surface area contributed by atoms with E-state index < -0.39 is 16.0 Å². The lowest BCUT2D eigenvalue weighted by Gasteiger charge is -2.22. The SMILES string of the molecule is CCOC(=O)c1ccc(S(=O)(=O)N(CC)c2nccnc2C)cc1. The second-order valence-corrected chi connectivity index (χ2v) is 6.74. The second kappa shape index (κ2) is 7.39. The predicted molar refractivity (Wildman–Crippen MR) is 89.4 cm³/mol. The number of carbonyl (C=O) groups is 1. The molecule has 128 valence electrons. The van der Waals surface area contributed by atoms with Crippen LogP contribution >= 0.6 is 0 Å². The Hall–Kier alpha value is -2.48. The van der Waals surface area contributed by atoms with Crippen LogP contribution in [-0.4, -0.2) is 37.5 Å². The molecule has 1 heterocycles. The van der Waals surface area contributed by atoms with Gasteiger partial charge in [-0.25, -0.2) is 22.5 Å². The van der Waals surface area contributed by atoms with Crippen molar-refractivity contribution in [2.24, 2.45) is 0 Å². The number of aryl methyl sites for hydroxylation is 1. The van der Waals surface area contributed by atoms with Crippen molar-refractivity contribution in [3.05, 3.63) is 47.9 Å². The van der Waals surface area contributed by atoms with E-state index in [0.29, 0.717) is 11.3 Å². The maximum absolute atomic E-state index is 12.9. The number of ether oxygens (including phenoxy) is 1. The fourth-order valence-corrected chi connectivity index (χ4v) is 3.66. The number of rotatable bonds is 6. The van der Waals surface area contributed by atoms with Crippen LogP contribution in [0.15, 0.2) is 41.6 Å². The van der Waals surface area contributed by atoms with E-state index >= 15 is 0 Å². The molecule has 0 saturated carbocycles. The van der Waals surface area contributed by atoms with Crippen molar-refractivity contribution in [1.82, 2.24) is 9.97 Å². The van der Waals surface area contributed by atoms with Gasteiger partial charge in [0.05, 0.1) is 22.8 Å². The molecule has 0 fully saturated rings. The Kier molecular flexibility index (Phi) is 5.50. The van der Waals surface area contributed by atoms with Gasteiger partial charge in [0, 0.05) is 18.9 Å². The van der Waals surface area contributed by atoms with Gasteiger partial charge in [0.25, 0.3) is 10.0 Å². The standard InChI is InChI=1S/C16H19N3O4S/c1-4-19(15-12(3)17-10-11-18-15)24(21,22)14-8-6-13(7-9-14)16(20)23-5-2/h6-11H,4-5H2,1-3H3. The number of nitrogens with zero attached hydrogens (tertiary/aromatic N) is 3. The van der Waals surface area contributed by atoms with Gasteiger partial charge in [-0.3, -0.25) is 4.98 Å². The van der Waals surface area contributed by atoms with Crippen LogP contribution in [0.4, 0.5) is 5.82 Å². The van der Waals surface area contributed by atoms with Gasteiger partial charge in [-0.1, -0.05) is 0 Å². The van der Waals surface area contributed by atoms with E-state index in [1.807, 2.05) is 0 Å². The predicted octanol–water partition coefficient (Wildman–Crippen LogP) is 2.18. The number of esters is 1.